The van der Waals surface area contributed by atoms with Crippen LogP contribution in [0.5, 0.6) is 0 Å². The Hall–Kier alpha value is -1.35. The average molecular weight is 314 g/mol. The lowest BCUT2D eigenvalue weighted by Gasteiger charge is -2.39. The molecule has 126 valence electrons. The largest absolute Gasteiger partial charge is 0.338 e. The number of carbonyl (C=O) groups is 1. The van der Waals surface area contributed by atoms with Gasteiger partial charge in [0.2, 0.25) is 5.91 Å². The molecule has 3 rings (SSSR count). The first-order valence-corrected chi connectivity index (χ1v) is 9.37. The molecule has 1 aromatic rings. The number of amides is 1. The number of hydrogen-bond donors (Lipinski definition) is 0. The third-order valence-electron chi connectivity index (χ3n) is 5.49. The average Bonchev–Trinajstić information content (AvgIpc) is 3.10. The van der Waals surface area contributed by atoms with Gasteiger partial charge < -0.3 is 9.80 Å². The van der Waals surface area contributed by atoms with Crippen molar-refractivity contribution in [2.45, 2.75) is 57.4 Å². The highest BCUT2D eigenvalue weighted by Gasteiger charge is 2.32. The molecule has 2 aliphatic heterocycles. The van der Waals surface area contributed by atoms with E-state index in [1.165, 1.54) is 44.3 Å². The minimum Gasteiger partial charge on any atom is -0.338 e. The first-order chi connectivity index (χ1) is 11.3. The summed E-state index contributed by atoms with van der Waals surface area (Å²) in [6, 6.07) is 10.7. The SMILES string of the molecule is CCC(C(=O)N1CCCCC1CN1CCCC1)c1ccccc1. The smallest absolute Gasteiger partial charge is 0.230 e. The number of piperidine rings is 1. The summed E-state index contributed by atoms with van der Waals surface area (Å²) in [5.74, 6) is 0.373. The highest BCUT2D eigenvalue weighted by atomic mass is 16.2. The molecule has 23 heavy (non-hydrogen) atoms. The van der Waals surface area contributed by atoms with E-state index in [0.29, 0.717) is 11.9 Å². The van der Waals surface area contributed by atoms with Gasteiger partial charge in [-0.15, -0.1) is 0 Å². The third kappa shape index (κ3) is 3.95. The van der Waals surface area contributed by atoms with Crippen molar-refractivity contribution in [1.29, 1.82) is 0 Å². The van der Waals surface area contributed by atoms with Gasteiger partial charge in [-0.2, -0.15) is 0 Å². The van der Waals surface area contributed by atoms with Gasteiger partial charge in [-0.3, -0.25) is 4.79 Å². The lowest BCUT2D eigenvalue weighted by Crippen LogP contribution is -2.50. The molecule has 0 spiro atoms. The zero-order chi connectivity index (χ0) is 16.1. The molecule has 2 unspecified atom stereocenters. The highest BCUT2D eigenvalue weighted by Crippen LogP contribution is 2.27. The highest BCUT2D eigenvalue weighted by molar-refractivity contribution is 5.84. The van der Waals surface area contributed by atoms with Crippen molar-refractivity contribution in [3.8, 4) is 0 Å². The zero-order valence-corrected chi connectivity index (χ0v) is 14.4. The van der Waals surface area contributed by atoms with Crippen LogP contribution in [0, 0.1) is 0 Å². The van der Waals surface area contributed by atoms with Gasteiger partial charge >= 0.3 is 0 Å². The van der Waals surface area contributed by atoms with Gasteiger partial charge in [0.25, 0.3) is 0 Å². The van der Waals surface area contributed by atoms with E-state index in [-0.39, 0.29) is 5.92 Å². The molecule has 2 atom stereocenters. The van der Waals surface area contributed by atoms with E-state index in [0.717, 1.165) is 25.9 Å². The number of likely N-dealkylation sites (tertiary alicyclic amines) is 2. The van der Waals surface area contributed by atoms with Crippen molar-refractivity contribution in [2.75, 3.05) is 26.2 Å². The van der Waals surface area contributed by atoms with Crippen LogP contribution in [-0.4, -0.2) is 47.9 Å². The standard InChI is InChI=1S/C20H30N2O/c1-2-19(17-10-4-3-5-11-17)20(23)22-15-7-6-12-18(22)16-21-13-8-9-14-21/h3-5,10-11,18-19H,2,6-9,12-16H2,1H3. The van der Waals surface area contributed by atoms with Gasteiger partial charge in [-0.25, -0.2) is 0 Å². The summed E-state index contributed by atoms with van der Waals surface area (Å²) in [6.45, 7) is 6.59. The van der Waals surface area contributed by atoms with E-state index >= 15 is 0 Å². The quantitative estimate of drug-likeness (QED) is 0.828. The van der Waals surface area contributed by atoms with E-state index in [4.69, 9.17) is 0 Å². The molecule has 2 saturated heterocycles. The summed E-state index contributed by atoms with van der Waals surface area (Å²) < 4.78 is 0. The first-order valence-electron chi connectivity index (χ1n) is 9.37. The Bertz CT molecular complexity index is 496. The van der Waals surface area contributed by atoms with Crippen molar-refractivity contribution >= 4 is 5.91 Å². The van der Waals surface area contributed by atoms with E-state index < -0.39 is 0 Å². The molecule has 1 aromatic carbocycles. The molecule has 1 amide bonds. The van der Waals surface area contributed by atoms with Crippen LogP contribution in [0.15, 0.2) is 30.3 Å². The number of nitrogens with zero attached hydrogens (tertiary/aromatic N) is 2. The van der Waals surface area contributed by atoms with Crippen LogP contribution in [0.1, 0.15) is 56.9 Å². The minimum absolute atomic E-state index is 0.0235. The number of rotatable bonds is 5. The third-order valence-corrected chi connectivity index (χ3v) is 5.49. The van der Waals surface area contributed by atoms with Gasteiger partial charge in [-0.1, -0.05) is 37.3 Å². The van der Waals surface area contributed by atoms with Crippen molar-refractivity contribution < 1.29 is 4.79 Å². The van der Waals surface area contributed by atoms with Crippen LogP contribution in [-0.2, 0) is 4.79 Å². The maximum atomic E-state index is 13.2. The van der Waals surface area contributed by atoms with Crippen LogP contribution < -0.4 is 0 Å². The zero-order valence-electron chi connectivity index (χ0n) is 14.4. The van der Waals surface area contributed by atoms with E-state index in [1.807, 2.05) is 18.2 Å². The maximum absolute atomic E-state index is 13.2. The molecule has 2 fully saturated rings. The van der Waals surface area contributed by atoms with E-state index in [1.54, 1.807) is 0 Å². The van der Waals surface area contributed by atoms with Crippen LogP contribution in [0.3, 0.4) is 0 Å². The Balaban J connectivity index is 1.71. The number of hydrogen-bond acceptors (Lipinski definition) is 2. The molecule has 0 radical (unpaired) electrons. The molecule has 0 saturated carbocycles. The molecule has 3 nitrogen and oxygen atoms in total. The van der Waals surface area contributed by atoms with Crippen LogP contribution in [0.25, 0.3) is 0 Å². The summed E-state index contributed by atoms with van der Waals surface area (Å²) in [7, 11) is 0. The van der Waals surface area contributed by atoms with Gasteiger partial charge in [0.05, 0.1) is 5.92 Å². The Labute approximate surface area is 140 Å². The summed E-state index contributed by atoms with van der Waals surface area (Å²) in [4.78, 5) is 18.0. The van der Waals surface area contributed by atoms with Crippen molar-refractivity contribution in [1.82, 2.24) is 9.80 Å². The maximum Gasteiger partial charge on any atom is 0.230 e. The molecule has 0 aliphatic carbocycles. The summed E-state index contributed by atoms with van der Waals surface area (Å²) in [6.07, 6.45) is 7.13. The summed E-state index contributed by atoms with van der Waals surface area (Å²) >= 11 is 0. The van der Waals surface area contributed by atoms with Crippen LogP contribution in [0.2, 0.25) is 0 Å². The lowest BCUT2D eigenvalue weighted by atomic mass is 9.92. The predicted octanol–water partition coefficient (Wildman–Crippen LogP) is 3.66. The first kappa shape index (κ1) is 16.5. The second-order valence-electron chi connectivity index (χ2n) is 7.06. The Morgan fingerprint density at radius 1 is 1.09 bits per heavy atom. The summed E-state index contributed by atoms with van der Waals surface area (Å²) in [5.41, 5.74) is 1.17. The fourth-order valence-corrected chi connectivity index (χ4v) is 4.18. The molecule has 2 aliphatic rings. The van der Waals surface area contributed by atoms with Gasteiger partial charge in [0.15, 0.2) is 0 Å². The van der Waals surface area contributed by atoms with E-state index in [9.17, 15) is 4.79 Å². The fraction of sp³-hybridized carbons (Fsp3) is 0.650. The van der Waals surface area contributed by atoms with Crippen molar-refractivity contribution in [3.05, 3.63) is 35.9 Å². The lowest BCUT2D eigenvalue weighted by molar-refractivity contribution is -0.137. The normalized spacial score (nSPS) is 23.9. The molecule has 3 heteroatoms. The predicted molar refractivity (Wildman–Crippen MR) is 94.5 cm³/mol. The van der Waals surface area contributed by atoms with Gasteiger partial charge in [-0.05, 0) is 57.2 Å². The van der Waals surface area contributed by atoms with E-state index in [2.05, 4.69) is 28.9 Å². The van der Waals surface area contributed by atoms with Crippen LogP contribution >= 0.6 is 0 Å². The monoisotopic (exact) mass is 314 g/mol. The topological polar surface area (TPSA) is 23.6 Å². The van der Waals surface area contributed by atoms with Crippen molar-refractivity contribution in [3.63, 3.8) is 0 Å². The van der Waals surface area contributed by atoms with Gasteiger partial charge in [0, 0.05) is 19.1 Å². The number of carbonyl (C=O) groups excluding carboxylic acids is 1. The second-order valence-corrected chi connectivity index (χ2v) is 7.06. The molecule has 0 aromatic heterocycles. The Kier molecular flexibility index (Phi) is 5.71. The fourth-order valence-electron chi connectivity index (χ4n) is 4.18. The van der Waals surface area contributed by atoms with Crippen molar-refractivity contribution in [2.24, 2.45) is 0 Å². The second kappa shape index (κ2) is 7.96. The Morgan fingerprint density at radius 2 is 1.78 bits per heavy atom. The summed E-state index contributed by atoms with van der Waals surface area (Å²) in [5, 5.41) is 0. The molecule has 0 bridgehead atoms. The molecular weight excluding hydrogens is 284 g/mol. The van der Waals surface area contributed by atoms with Gasteiger partial charge in [0.1, 0.15) is 0 Å². The molecule has 2 heterocycles. The molecular formula is C20H30N2O. The molecule has 0 N–H and O–H groups in total. The number of benzene rings is 1. The Morgan fingerprint density at radius 3 is 2.48 bits per heavy atom. The van der Waals surface area contributed by atoms with Crippen LogP contribution in [0.4, 0.5) is 0 Å². The minimum atomic E-state index is 0.0235.